The van der Waals surface area contributed by atoms with Crippen molar-refractivity contribution in [1.29, 1.82) is 0 Å². The van der Waals surface area contributed by atoms with Crippen LogP contribution in [0.5, 0.6) is 5.75 Å². The minimum absolute atomic E-state index is 0.177. The second kappa shape index (κ2) is 9.70. The van der Waals surface area contributed by atoms with E-state index in [4.69, 9.17) is 4.74 Å². The van der Waals surface area contributed by atoms with Gasteiger partial charge in [-0.1, -0.05) is 47.8 Å². The Morgan fingerprint density at radius 1 is 1.13 bits per heavy atom. The first kappa shape index (κ1) is 22.4. The number of aromatic nitrogens is 2. The van der Waals surface area contributed by atoms with Crippen LogP contribution >= 0.6 is 11.5 Å². The maximum atomic E-state index is 13.7. The monoisotopic (exact) mass is 438 g/mol. The van der Waals surface area contributed by atoms with Gasteiger partial charge in [0, 0.05) is 22.2 Å². The van der Waals surface area contributed by atoms with Gasteiger partial charge in [-0.15, -0.1) is 5.10 Å². The third-order valence-electron chi connectivity index (χ3n) is 5.12. The molecule has 0 aliphatic carbocycles. The summed E-state index contributed by atoms with van der Waals surface area (Å²) in [6.45, 7) is 5.89. The number of amides is 2. The Bertz CT molecular complexity index is 1020. The first-order chi connectivity index (χ1) is 14.9. The summed E-state index contributed by atoms with van der Waals surface area (Å²) in [5.41, 5.74) is 0.872. The fourth-order valence-electron chi connectivity index (χ4n) is 3.13. The molecule has 0 bridgehead atoms. The number of rotatable bonds is 8. The van der Waals surface area contributed by atoms with Gasteiger partial charge in [0.2, 0.25) is 5.91 Å². The average Bonchev–Trinajstić information content (AvgIpc) is 3.32. The zero-order valence-corrected chi connectivity index (χ0v) is 18.8. The molecule has 3 rings (SSSR count). The number of carbonyl (C=O) groups is 2. The highest BCUT2D eigenvalue weighted by Crippen LogP contribution is 2.34. The fourth-order valence-corrected chi connectivity index (χ4v) is 3.56. The zero-order valence-electron chi connectivity index (χ0n) is 18.0. The van der Waals surface area contributed by atoms with Crippen molar-refractivity contribution in [2.75, 3.05) is 12.0 Å². The van der Waals surface area contributed by atoms with Crippen LogP contribution in [0, 0.1) is 0 Å². The lowest BCUT2D eigenvalue weighted by atomic mass is 9.97. The highest BCUT2D eigenvalue weighted by molar-refractivity contribution is 7.03. The van der Waals surface area contributed by atoms with Crippen molar-refractivity contribution in [3.8, 4) is 5.75 Å². The molecule has 1 unspecified atom stereocenters. The highest BCUT2D eigenvalue weighted by Gasteiger charge is 2.37. The van der Waals surface area contributed by atoms with E-state index < -0.39 is 17.5 Å². The molecule has 7 nitrogen and oxygen atoms in total. The predicted octanol–water partition coefficient (Wildman–Crippen LogP) is 4.24. The molecule has 1 atom stereocenters. The summed E-state index contributed by atoms with van der Waals surface area (Å²) < 4.78 is 9.37. The van der Waals surface area contributed by atoms with Gasteiger partial charge in [-0.3, -0.25) is 14.5 Å². The first-order valence-corrected chi connectivity index (χ1v) is 10.8. The van der Waals surface area contributed by atoms with Gasteiger partial charge in [0.25, 0.3) is 5.91 Å². The van der Waals surface area contributed by atoms with Crippen LogP contribution in [-0.2, 0) is 4.79 Å². The van der Waals surface area contributed by atoms with Crippen LogP contribution in [0.1, 0.15) is 49.3 Å². The number of anilines is 1. The molecule has 1 aromatic heterocycles. The van der Waals surface area contributed by atoms with E-state index in [1.54, 1.807) is 36.8 Å². The maximum Gasteiger partial charge on any atom is 0.280 e. The molecule has 0 radical (unpaired) electrons. The Kier molecular flexibility index (Phi) is 7.02. The smallest absolute Gasteiger partial charge is 0.280 e. The van der Waals surface area contributed by atoms with Gasteiger partial charge in [0.15, 0.2) is 5.69 Å². The van der Waals surface area contributed by atoms with Crippen molar-refractivity contribution in [3.63, 3.8) is 0 Å². The minimum Gasteiger partial charge on any atom is -0.496 e. The SMILES string of the molecule is CCC(C)(C)NC(=O)C(c1ccccc1OC)N(C(=O)c1csnn1)c1ccccc1. The van der Waals surface area contributed by atoms with Crippen molar-refractivity contribution in [2.45, 2.75) is 38.8 Å². The molecule has 2 aromatic carbocycles. The number of nitrogens with zero attached hydrogens (tertiary/aromatic N) is 3. The lowest BCUT2D eigenvalue weighted by Crippen LogP contribution is -2.50. The molecule has 1 N–H and O–H groups in total. The van der Waals surface area contributed by atoms with Gasteiger partial charge in [0.05, 0.1) is 7.11 Å². The van der Waals surface area contributed by atoms with E-state index in [0.29, 0.717) is 17.0 Å². The summed E-state index contributed by atoms with van der Waals surface area (Å²) in [6.07, 6.45) is 0.729. The standard InChI is InChI=1S/C23H26N4O3S/c1-5-23(2,3)24-21(28)20(17-13-9-10-14-19(17)30-4)27(16-11-7-6-8-12-16)22(29)18-15-31-26-25-18/h6-15,20H,5H2,1-4H3,(H,24,28). The lowest BCUT2D eigenvalue weighted by molar-refractivity contribution is -0.124. The average molecular weight is 439 g/mol. The van der Waals surface area contributed by atoms with Crippen molar-refractivity contribution in [2.24, 2.45) is 0 Å². The second-order valence-electron chi connectivity index (χ2n) is 7.67. The summed E-state index contributed by atoms with van der Waals surface area (Å²) in [4.78, 5) is 28.7. The number of ether oxygens (including phenoxy) is 1. The van der Waals surface area contributed by atoms with E-state index in [1.165, 1.54) is 4.90 Å². The van der Waals surface area contributed by atoms with Crippen molar-refractivity contribution < 1.29 is 14.3 Å². The third-order valence-corrected chi connectivity index (χ3v) is 5.62. The minimum atomic E-state index is -0.974. The van der Waals surface area contributed by atoms with Crippen LogP contribution in [0.3, 0.4) is 0 Å². The van der Waals surface area contributed by atoms with Crippen molar-refractivity contribution >= 4 is 29.0 Å². The zero-order chi connectivity index (χ0) is 22.4. The number of nitrogens with one attached hydrogen (secondary N) is 1. The normalized spacial score (nSPS) is 12.1. The molecule has 0 fully saturated rings. The number of carbonyl (C=O) groups excluding carboxylic acids is 2. The third kappa shape index (κ3) is 5.08. The Hall–Kier alpha value is -3.26. The molecule has 31 heavy (non-hydrogen) atoms. The van der Waals surface area contributed by atoms with Gasteiger partial charge < -0.3 is 10.1 Å². The summed E-state index contributed by atoms with van der Waals surface area (Å²) in [5, 5.41) is 8.60. The summed E-state index contributed by atoms with van der Waals surface area (Å²) in [6, 6.07) is 15.3. The van der Waals surface area contributed by atoms with Gasteiger partial charge in [-0.2, -0.15) is 0 Å². The molecule has 3 aromatic rings. The number of para-hydroxylation sites is 2. The van der Waals surface area contributed by atoms with Crippen molar-refractivity contribution in [3.05, 3.63) is 71.2 Å². The molecule has 0 aliphatic heterocycles. The lowest BCUT2D eigenvalue weighted by Gasteiger charge is -2.34. The van der Waals surface area contributed by atoms with Crippen LogP contribution in [0.4, 0.5) is 5.69 Å². The molecule has 8 heteroatoms. The van der Waals surface area contributed by atoms with E-state index in [2.05, 4.69) is 14.9 Å². The molecule has 0 aliphatic rings. The van der Waals surface area contributed by atoms with Gasteiger partial charge >= 0.3 is 0 Å². The summed E-state index contributed by atoms with van der Waals surface area (Å²) in [7, 11) is 1.54. The molecule has 0 saturated heterocycles. The van der Waals surface area contributed by atoms with Crippen LogP contribution in [0.2, 0.25) is 0 Å². The quantitative estimate of drug-likeness (QED) is 0.569. The van der Waals surface area contributed by atoms with Crippen molar-refractivity contribution in [1.82, 2.24) is 14.9 Å². The van der Waals surface area contributed by atoms with E-state index in [1.807, 2.05) is 51.1 Å². The Balaban J connectivity index is 2.19. The Morgan fingerprint density at radius 3 is 2.42 bits per heavy atom. The molecular formula is C23H26N4O3S. The van der Waals surface area contributed by atoms with Gasteiger partial charge in [-0.05, 0) is 50.0 Å². The van der Waals surface area contributed by atoms with Crippen LogP contribution < -0.4 is 15.0 Å². The molecule has 2 amide bonds. The predicted molar refractivity (Wildman–Crippen MR) is 121 cm³/mol. The molecule has 0 saturated carbocycles. The van der Waals surface area contributed by atoms with Gasteiger partial charge in [0.1, 0.15) is 11.8 Å². The number of hydrogen-bond acceptors (Lipinski definition) is 6. The van der Waals surface area contributed by atoms with E-state index in [9.17, 15) is 9.59 Å². The number of methoxy groups -OCH3 is 1. The summed E-state index contributed by atoms with van der Waals surface area (Å²) >= 11 is 1.08. The van der Waals surface area contributed by atoms with E-state index in [0.717, 1.165) is 18.0 Å². The summed E-state index contributed by atoms with van der Waals surface area (Å²) in [5.74, 6) is -0.209. The molecule has 0 spiro atoms. The topological polar surface area (TPSA) is 84.4 Å². The van der Waals surface area contributed by atoms with Crippen LogP contribution in [0.15, 0.2) is 60.0 Å². The molecule has 1 heterocycles. The first-order valence-electron chi connectivity index (χ1n) is 9.98. The highest BCUT2D eigenvalue weighted by atomic mass is 32.1. The van der Waals surface area contributed by atoms with E-state index in [-0.39, 0.29) is 11.6 Å². The van der Waals surface area contributed by atoms with Crippen LogP contribution in [-0.4, -0.2) is 34.1 Å². The number of hydrogen-bond donors (Lipinski definition) is 1. The Labute approximate surface area is 186 Å². The van der Waals surface area contributed by atoms with Crippen LogP contribution in [0.25, 0.3) is 0 Å². The largest absolute Gasteiger partial charge is 0.496 e. The molecule has 162 valence electrons. The fraction of sp³-hybridized carbons (Fsp3) is 0.304. The molecular weight excluding hydrogens is 412 g/mol. The van der Waals surface area contributed by atoms with Gasteiger partial charge in [-0.25, -0.2) is 0 Å². The second-order valence-corrected chi connectivity index (χ2v) is 8.28. The maximum absolute atomic E-state index is 13.7. The van der Waals surface area contributed by atoms with E-state index >= 15 is 0 Å². The Morgan fingerprint density at radius 2 is 1.81 bits per heavy atom. The number of benzene rings is 2.